The van der Waals surface area contributed by atoms with Crippen LogP contribution in [-0.2, 0) is 5.41 Å². The maximum Gasteiger partial charge on any atom is 0.248 e. The van der Waals surface area contributed by atoms with Crippen molar-refractivity contribution < 1.29 is 4.42 Å². The Balaban J connectivity index is 1.26. The molecule has 0 unspecified atom stereocenters. The Morgan fingerprint density at radius 2 is 1.30 bits per heavy atom. The zero-order valence-electron chi connectivity index (χ0n) is 32.1. The van der Waals surface area contributed by atoms with Crippen LogP contribution >= 0.6 is 0 Å². The van der Waals surface area contributed by atoms with Crippen LogP contribution < -0.4 is 25.9 Å². The van der Waals surface area contributed by atoms with Gasteiger partial charge in [0, 0.05) is 50.3 Å². The van der Waals surface area contributed by atoms with E-state index < -0.39 is 8.07 Å². The Bertz CT molecular complexity index is 2820. The molecule has 3 aliphatic heterocycles. The van der Waals surface area contributed by atoms with E-state index in [4.69, 9.17) is 4.42 Å². The average Bonchev–Trinajstić information content (AvgIpc) is 3.74. The Labute approximate surface area is 319 Å². The predicted octanol–water partition coefficient (Wildman–Crippen LogP) is 11.2. The highest BCUT2D eigenvalue weighted by molar-refractivity contribution is 7.01. The standard InChI is InChI=1S/C49H43BN2OSi/c1-48(2,3)30-24-26-32(27-25-30)51-37-20-15-21-38-44(37)50(36-29-41-35(28-39(36)51)33-18-11-13-22-40(33)53-41)47-45(52(38)31-16-9-8-10-17-31)46-43(49(47,4)5)34-19-12-14-23-42(34)54(46,6)7/h8-29H,1-7H3. The van der Waals surface area contributed by atoms with Gasteiger partial charge in [-0.2, -0.15) is 0 Å². The largest absolute Gasteiger partial charge is 0.456 e. The molecule has 0 spiro atoms. The molecule has 0 radical (unpaired) electrons. The zero-order chi connectivity index (χ0) is 36.9. The number of furan rings is 1. The van der Waals surface area contributed by atoms with Crippen LogP contribution in [0.1, 0.15) is 45.7 Å². The van der Waals surface area contributed by atoms with Crippen molar-refractivity contribution in [1.29, 1.82) is 0 Å². The molecule has 0 atom stereocenters. The molecule has 54 heavy (non-hydrogen) atoms. The highest BCUT2D eigenvalue weighted by Crippen LogP contribution is 2.61. The maximum atomic E-state index is 6.70. The molecule has 0 bridgehead atoms. The predicted molar refractivity (Wildman–Crippen MR) is 232 cm³/mol. The van der Waals surface area contributed by atoms with Crippen molar-refractivity contribution in [3.05, 3.63) is 161 Å². The summed E-state index contributed by atoms with van der Waals surface area (Å²) >= 11 is 0. The van der Waals surface area contributed by atoms with Crippen molar-refractivity contribution in [2.24, 2.45) is 5.41 Å². The van der Waals surface area contributed by atoms with E-state index in [0.29, 0.717) is 0 Å². The third-order valence-corrected chi connectivity index (χ3v) is 16.5. The number of hydrogen-bond acceptors (Lipinski definition) is 3. The summed E-state index contributed by atoms with van der Waals surface area (Å²) in [6.45, 7) is 17.1. The molecule has 4 aliphatic rings. The number of para-hydroxylation sites is 2. The van der Waals surface area contributed by atoms with Crippen LogP contribution in [0, 0.1) is 5.41 Å². The third kappa shape index (κ3) is 4.03. The minimum atomic E-state index is -2.12. The zero-order valence-corrected chi connectivity index (χ0v) is 33.1. The van der Waals surface area contributed by atoms with E-state index >= 15 is 0 Å². The van der Waals surface area contributed by atoms with Crippen molar-refractivity contribution >= 4 is 86.8 Å². The summed E-state index contributed by atoms with van der Waals surface area (Å²) in [4.78, 5) is 5.17. The summed E-state index contributed by atoms with van der Waals surface area (Å²) < 4.78 is 6.70. The number of rotatable bonds is 2. The first-order valence-electron chi connectivity index (χ1n) is 19.4. The van der Waals surface area contributed by atoms with Gasteiger partial charge >= 0.3 is 0 Å². The summed E-state index contributed by atoms with van der Waals surface area (Å²) in [5.74, 6) is 0. The van der Waals surface area contributed by atoms with Crippen molar-refractivity contribution in [3.8, 4) is 0 Å². The minimum absolute atomic E-state index is 0.0430. The van der Waals surface area contributed by atoms with Crippen LogP contribution in [0.3, 0.4) is 0 Å². The van der Waals surface area contributed by atoms with E-state index in [0.717, 1.165) is 21.9 Å². The molecule has 3 nitrogen and oxygen atoms in total. The van der Waals surface area contributed by atoms with Crippen LogP contribution in [0.2, 0.25) is 13.1 Å². The number of anilines is 5. The Morgan fingerprint density at radius 1 is 0.630 bits per heavy atom. The van der Waals surface area contributed by atoms with Crippen LogP contribution in [0.15, 0.2) is 154 Å². The second kappa shape index (κ2) is 10.6. The summed E-state index contributed by atoms with van der Waals surface area (Å²) in [6, 6.07) is 50.0. The van der Waals surface area contributed by atoms with Gasteiger partial charge in [0.05, 0.1) is 0 Å². The van der Waals surface area contributed by atoms with Crippen LogP contribution in [-0.4, -0.2) is 14.8 Å². The maximum absolute atomic E-state index is 6.70. The topological polar surface area (TPSA) is 19.6 Å². The van der Waals surface area contributed by atoms with Crippen LogP contribution in [0.25, 0.3) is 27.5 Å². The second-order valence-corrected chi connectivity index (χ2v) is 22.0. The molecule has 7 aromatic rings. The number of hydrogen-bond donors (Lipinski definition) is 0. The highest BCUT2D eigenvalue weighted by atomic mass is 28.3. The third-order valence-electron chi connectivity index (χ3n) is 13.0. The van der Waals surface area contributed by atoms with Gasteiger partial charge in [0.2, 0.25) is 6.71 Å². The minimum Gasteiger partial charge on any atom is -0.456 e. The summed E-state index contributed by atoms with van der Waals surface area (Å²) in [5, 5.41) is 5.46. The van der Waals surface area contributed by atoms with Gasteiger partial charge in [-0.05, 0) is 98.0 Å². The smallest absolute Gasteiger partial charge is 0.248 e. The van der Waals surface area contributed by atoms with Gasteiger partial charge in [0.15, 0.2) is 0 Å². The molecule has 6 aromatic carbocycles. The SMILES string of the molecule is CC1(C)C2=C(C3=C1c1ccccc1[Si]3(C)C)N(c1ccccc1)c1cccc3c1B2c1cc2oc4ccccc4c2cc1N3c1ccc(C(C)(C)C)cc1. The molecular formula is C49H43BN2OSi. The van der Waals surface area contributed by atoms with E-state index in [9.17, 15) is 0 Å². The molecule has 4 heterocycles. The molecule has 0 N–H and O–H groups in total. The fourth-order valence-electron chi connectivity index (χ4n) is 10.6. The summed E-state index contributed by atoms with van der Waals surface area (Å²) in [7, 11) is -2.12. The van der Waals surface area contributed by atoms with Gasteiger partial charge < -0.3 is 14.2 Å². The van der Waals surface area contributed by atoms with Crippen molar-refractivity contribution in [2.75, 3.05) is 9.80 Å². The lowest BCUT2D eigenvalue weighted by Gasteiger charge is -2.47. The molecule has 0 fully saturated rings. The average molecular weight is 715 g/mol. The lowest BCUT2D eigenvalue weighted by atomic mass is 9.30. The molecule has 262 valence electrons. The lowest BCUT2D eigenvalue weighted by Crippen LogP contribution is -2.58. The van der Waals surface area contributed by atoms with Gasteiger partial charge in [-0.25, -0.2) is 0 Å². The van der Waals surface area contributed by atoms with Crippen molar-refractivity contribution in [3.63, 3.8) is 0 Å². The molecule has 11 rings (SSSR count). The quantitative estimate of drug-likeness (QED) is 0.166. The van der Waals surface area contributed by atoms with E-state index in [2.05, 4.69) is 191 Å². The first-order valence-corrected chi connectivity index (χ1v) is 22.4. The number of nitrogens with zero attached hydrogens (tertiary/aromatic N) is 2. The number of benzene rings is 6. The molecule has 0 saturated carbocycles. The summed E-state index contributed by atoms with van der Waals surface area (Å²) in [6.07, 6.45) is 0. The van der Waals surface area contributed by atoms with Gasteiger partial charge in [-0.1, -0.05) is 132 Å². The van der Waals surface area contributed by atoms with Gasteiger partial charge in [-0.3, -0.25) is 0 Å². The molecule has 5 heteroatoms. The van der Waals surface area contributed by atoms with E-state index in [1.54, 1.807) is 10.4 Å². The molecule has 0 amide bonds. The number of fused-ring (bicyclic) bond motifs is 9. The molecular weight excluding hydrogens is 671 g/mol. The first kappa shape index (κ1) is 32.0. The molecule has 0 saturated heterocycles. The van der Waals surface area contributed by atoms with E-state index in [1.165, 1.54) is 67.2 Å². The Hall–Kier alpha value is -5.52. The fourth-order valence-corrected chi connectivity index (χ4v) is 14.1. The monoisotopic (exact) mass is 714 g/mol. The second-order valence-electron chi connectivity index (χ2n) is 17.8. The first-order chi connectivity index (χ1) is 26.0. The van der Waals surface area contributed by atoms with Crippen molar-refractivity contribution in [2.45, 2.75) is 53.1 Å². The fraction of sp³-hybridized carbons (Fsp3) is 0.184. The highest BCUT2D eigenvalue weighted by Gasteiger charge is 2.59. The van der Waals surface area contributed by atoms with Gasteiger partial charge in [-0.15, -0.1) is 0 Å². The number of allylic oxidation sites excluding steroid dienone is 3. The summed E-state index contributed by atoms with van der Waals surface area (Å²) in [5.41, 5.74) is 17.7. The van der Waals surface area contributed by atoms with Gasteiger partial charge in [0.1, 0.15) is 19.2 Å². The Morgan fingerprint density at radius 3 is 2.06 bits per heavy atom. The van der Waals surface area contributed by atoms with E-state index in [-0.39, 0.29) is 17.5 Å². The molecule has 1 aliphatic carbocycles. The van der Waals surface area contributed by atoms with Crippen LogP contribution in [0.4, 0.5) is 28.4 Å². The van der Waals surface area contributed by atoms with Crippen LogP contribution in [0.5, 0.6) is 0 Å². The van der Waals surface area contributed by atoms with E-state index in [1.807, 2.05) is 0 Å². The lowest BCUT2D eigenvalue weighted by molar-refractivity contribution is 0.590. The van der Waals surface area contributed by atoms with Gasteiger partial charge in [0.25, 0.3) is 0 Å². The van der Waals surface area contributed by atoms with Crippen molar-refractivity contribution in [1.82, 2.24) is 0 Å². The normalized spacial score (nSPS) is 17.6. The Kier molecular flexibility index (Phi) is 6.26. The molecule has 1 aromatic heterocycles.